The van der Waals surface area contributed by atoms with Crippen molar-refractivity contribution in [1.29, 1.82) is 0 Å². The Bertz CT molecular complexity index is 927. The summed E-state index contributed by atoms with van der Waals surface area (Å²) >= 11 is 0. The van der Waals surface area contributed by atoms with Crippen molar-refractivity contribution in [1.82, 2.24) is 14.5 Å². The number of aliphatic carboxylic acids is 2. The molecule has 1 aromatic heterocycles. The van der Waals surface area contributed by atoms with Crippen LogP contribution >= 0.6 is 0 Å². The third kappa shape index (κ3) is 11.6. The molecule has 0 spiro atoms. The smallest absolute Gasteiger partial charge is 0.490 e. The third-order valence-electron chi connectivity index (χ3n) is 4.01. The Hall–Kier alpha value is -3.69. The first kappa shape index (κ1) is 32.3. The van der Waals surface area contributed by atoms with Crippen molar-refractivity contribution in [3.8, 4) is 17.2 Å². The molecule has 10 nitrogen and oxygen atoms in total. The van der Waals surface area contributed by atoms with Crippen LogP contribution in [0, 0.1) is 0 Å². The van der Waals surface area contributed by atoms with Crippen molar-refractivity contribution < 1.29 is 60.4 Å². The number of carboxylic acid groups (broad SMARTS) is 2. The van der Waals surface area contributed by atoms with Gasteiger partial charge in [-0.3, -0.25) is 0 Å². The van der Waals surface area contributed by atoms with Crippen molar-refractivity contribution in [2.45, 2.75) is 25.4 Å². The summed E-state index contributed by atoms with van der Waals surface area (Å²) in [5, 5.41) is 14.2. The van der Waals surface area contributed by atoms with Gasteiger partial charge in [0.2, 0.25) is 5.75 Å². The van der Waals surface area contributed by atoms with E-state index in [1.165, 1.54) is 0 Å². The Morgan fingerprint density at radius 1 is 0.944 bits per heavy atom. The molecule has 0 unspecified atom stereocenters. The minimum Gasteiger partial charge on any atom is -0.493 e. The number of hydrogen-bond acceptors (Lipinski definition) is 7. The summed E-state index contributed by atoms with van der Waals surface area (Å²) in [5.74, 6) is -3.49. The Balaban J connectivity index is 0.000000720. The van der Waals surface area contributed by atoms with Crippen LogP contribution in [0.2, 0.25) is 0 Å². The average molecular weight is 533 g/mol. The van der Waals surface area contributed by atoms with E-state index < -0.39 is 24.3 Å². The van der Waals surface area contributed by atoms with Gasteiger partial charge in [0.15, 0.2) is 11.5 Å². The largest absolute Gasteiger partial charge is 0.493 e. The highest BCUT2D eigenvalue weighted by Crippen LogP contribution is 2.40. The van der Waals surface area contributed by atoms with E-state index in [0.29, 0.717) is 11.5 Å². The highest BCUT2D eigenvalue weighted by atomic mass is 19.4. The Morgan fingerprint density at radius 2 is 1.44 bits per heavy atom. The number of aromatic nitrogens is 2. The summed E-state index contributed by atoms with van der Waals surface area (Å²) in [4.78, 5) is 24.1. The molecule has 2 aromatic rings. The number of carboxylic acids is 2. The lowest BCUT2D eigenvalue weighted by molar-refractivity contribution is -0.193. The summed E-state index contributed by atoms with van der Waals surface area (Å²) in [7, 11) is 6.96. The first-order valence-corrected chi connectivity index (χ1v) is 9.60. The van der Waals surface area contributed by atoms with E-state index in [0.717, 1.165) is 30.9 Å². The van der Waals surface area contributed by atoms with Crippen molar-refractivity contribution in [3.05, 3.63) is 36.4 Å². The maximum absolute atomic E-state index is 10.6. The molecule has 16 heteroatoms. The van der Waals surface area contributed by atoms with Gasteiger partial charge in [0.1, 0.15) is 0 Å². The SMILES string of the molecule is COc1ccc(CN(C)CCn2ccnc2)c(OC)c1OC.O=C(O)C(F)(F)F.O=C(O)C(F)(F)F. The number of imidazole rings is 1. The number of likely N-dealkylation sites (N-methyl/N-ethyl adjacent to an activating group) is 1. The summed E-state index contributed by atoms with van der Waals surface area (Å²) in [6.07, 6.45) is -4.59. The van der Waals surface area contributed by atoms with Gasteiger partial charge in [0.05, 0.1) is 27.7 Å². The fraction of sp³-hybridized carbons (Fsp3) is 0.450. The zero-order valence-electron chi connectivity index (χ0n) is 19.6. The second-order valence-corrected chi connectivity index (χ2v) is 6.64. The van der Waals surface area contributed by atoms with Crippen LogP contribution < -0.4 is 14.2 Å². The van der Waals surface area contributed by atoms with Crippen LogP contribution in [0.5, 0.6) is 17.2 Å². The van der Waals surface area contributed by atoms with Crippen LogP contribution in [-0.4, -0.2) is 83.9 Å². The number of alkyl halides is 6. The summed E-state index contributed by atoms with van der Waals surface area (Å²) in [6, 6.07) is 3.91. The van der Waals surface area contributed by atoms with Crippen LogP contribution in [0.15, 0.2) is 30.9 Å². The van der Waals surface area contributed by atoms with Crippen molar-refractivity contribution in [2.75, 3.05) is 34.9 Å². The van der Waals surface area contributed by atoms with Gasteiger partial charge in [-0.1, -0.05) is 6.07 Å². The van der Waals surface area contributed by atoms with Gasteiger partial charge in [-0.2, -0.15) is 26.3 Å². The number of nitrogens with zero attached hydrogens (tertiary/aromatic N) is 3. The molecule has 0 saturated heterocycles. The second-order valence-electron chi connectivity index (χ2n) is 6.64. The summed E-state index contributed by atoms with van der Waals surface area (Å²) in [5.41, 5.74) is 1.06. The lowest BCUT2D eigenvalue weighted by Gasteiger charge is -2.20. The molecule has 204 valence electrons. The van der Waals surface area contributed by atoms with E-state index in [9.17, 15) is 26.3 Å². The second kappa shape index (κ2) is 14.7. The van der Waals surface area contributed by atoms with Gasteiger partial charge in [-0.15, -0.1) is 0 Å². The number of rotatable bonds is 8. The molecule has 1 heterocycles. The highest BCUT2D eigenvalue weighted by molar-refractivity contribution is 5.73. The number of ether oxygens (including phenoxy) is 3. The van der Waals surface area contributed by atoms with Crippen LogP contribution in [0.25, 0.3) is 0 Å². The van der Waals surface area contributed by atoms with Crippen molar-refractivity contribution in [2.24, 2.45) is 0 Å². The highest BCUT2D eigenvalue weighted by Gasteiger charge is 2.38. The molecular weight excluding hydrogens is 508 g/mol. The molecule has 0 bridgehead atoms. The Kier molecular flexibility index (Phi) is 13.1. The van der Waals surface area contributed by atoms with E-state index in [4.69, 9.17) is 34.0 Å². The predicted molar refractivity (Wildman–Crippen MR) is 112 cm³/mol. The standard InChI is InChI=1S/C16H23N3O3.2C2HF3O2/c1-18(9-10-19-8-7-17-12-19)11-13-5-6-14(20-2)16(22-4)15(13)21-3;2*3-2(4,5)1(6)7/h5-8,12H,9-11H2,1-4H3;2*(H,6,7). The lowest BCUT2D eigenvalue weighted by Crippen LogP contribution is -2.22. The van der Waals surface area contributed by atoms with Gasteiger partial charge in [0.25, 0.3) is 0 Å². The fourth-order valence-electron chi connectivity index (χ4n) is 2.36. The maximum atomic E-state index is 10.6. The van der Waals surface area contributed by atoms with Crippen LogP contribution in [0.3, 0.4) is 0 Å². The molecule has 0 saturated carbocycles. The van der Waals surface area contributed by atoms with Crippen LogP contribution in [0.4, 0.5) is 26.3 Å². The summed E-state index contributed by atoms with van der Waals surface area (Å²) < 4.78 is 81.8. The van der Waals surface area contributed by atoms with Gasteiger partial charge < -0.3 is 33.9 Å². The molecule has 0 aliphatic carbocycles. The number of benzene rings is 1. The average Bonchev–Trinajstić information content (AvgIpc) is 3.30. The molecule has 1 aromatic carbocycles. The monoisotopic (exact) mass is 533 g/mol. The topological polar surface area (TPSA) is 123 Å². The Labute approximate surface area is 201 Å². The molecule has 0 atom stereocenters. The van der Waals surface area contributed by atoms with Gasteiger partial charge >= 0.3 is 24.3 Å². The van der Waals surface area contributed by atoms with Gasteiger partial charge in [0, 0.05) is 37.6 Å². The van der Waals surface area contributed by atoms with Crippen LogP contribution in [-0.2, 0) is 22.7 Å². The Morgan fingerprint density at radius 3 is 1.81 bits per heavy atom. The number of halogens is 6. The van der Waals surface area contributed by atoms with Gasteiger partial charge in [-0.25, -0.2) is 14.6 Å². The molecule has 0 fully saturated rings. The minimum atomic E-state index is -5.08. The number of carbonyl (C=O) groups is 2. The molecule has 2 rings (SSSR count). The zero-order valence-corrected chi connectivity index (χ0v) is 19.6. The van der Waals surface area contributed by atoms with Crippen molar-refractivity contribution in [3.63, 3.8) is 0 Å². The molecule has 0 aliphatic rings. The summed E-state index contributed by atoms with van der Waals surface area (Å²) in [6.45, 7) is 2.57. The molecule has 0 radical (unpaired) electrons. The molecule has 0 aliphatic heterocycles. The molecule has 36 heavy (non-hydrogen) atoms. The van der Waals surface area contributed by atoms with E-state index in [-0.39, 0.29) is 0 Å². The van der Waals surface area contributed by atoms with E-state index in [1.807, 2.05) is 24.7 Å². The first-order valence-electron chi connectivity index (χ1n) is 9.60. The molecule has 0 amide bonds. The fourth-order valence-corrected chi connectivity index (χ4v) is 2.36. The number of methoxy groups -OCH3 is 3. The normalized spacial score (nSPS) is 11.0. The number of hydrogen-bond donors (Lipinski definition) is 2. The van der Waals surface area contributed by atoms with Crippen LogP contribution in [0.1, 0.15) is 5.56 Å². The van der Waals surface area contributed by atoms with E-state index >= 15 is 0 Å². The first-order chi connectivity index (χ1) is 16.6. The molecular formula is C20H25F6N3O7. The van der Waals surface area contributed by atoms with E-state index in [1.54, 1.807) is 27.5 Å². The van der Waals surface area contributed by atoms with Crippen molar-refractivity contribution >= 4 is 11.9 Å². The van der Waals surface area contributed by atoms with Gasteiger partial charge in [-0.05, 0) is 13.1 Å². The minimum absolute atomic E-state index is 0.630. The third-order valence-corrected chi connectivity index (χ3v) is 4.01. The molecule has 2 N–H and O–H groups in total. The maximum Gasteiger partial charge on any atom is 0.490 e. The van der Waals surface area contributed by atoms with E-state index in [2.05, 4.69) is 21.5 Å². The lowest BCUT2D eigenvalue weighted by atomic mass is 10.1. The zero-order chi connectivity index (χ0) is 28.1. The quantitative estimate of drug-likeness (QED) is 0.492. The predicted octanol–water partition coefficient (Wildman–Crippen LogP) is 3.31.